The lowest BCUT2D eigenvalue weighted by Crippen LogP contribution is -2.52. The summed E-state index contributed by atoms with van der Waals surface area (Å²) in [6.45, 7) is 2.48. The summed E-state index contributed by atoms with van der Waals surface area (Å²) in [6.07, 6.45) is 4.02. The fraction of sp³-hybridized carbons (Fsp3) is 0.900. The molecule has 1 saturated heterocycles. The van der Waals surface area contributed by atoms with Gasteiger partial charge in [-0.1, -0.05) is 0 Å². The highest BCUT2D eigenvalue weighted by atomic mass is 16.2. The summed E-state index contributed by atoms with van der Waals surface area (Å²) >= 11 is 0. The molecule has 2 saturated carbocycles. The minimum absolute atomic E-state index is 0.317. The Kier molecular flexibility index (Phi) is 1.62. The van der Waals surface area contributed by atoms with Crippen molar-refractivity contribution in [3.05, 3.63) is 0 Å². The molecule has 0 aromatic carbocycles. The van der Waals surface area contributed by atoms with Crippen LogP contribution in [0, 0.1) is 11.8 Å². The lowest BCUT2D eigenvalue weighted by atomic mass is 10.1. The maximum absolute atomic E-state index is 11.6. The molecule has 1 heterocycles. The lowest BCUT2D eigenvalue weighted by Gasteiger charge is -2.33. The van der Waals surface area contributed by atoms with Gasteiger partial charge >= 0.3 is 0 Å². The predicted octanol–water partition coefficient (Wildman–Crippen LogP) is 0.217. The predicted molar refractivity (Wildman–Crippen MR) is 49.2 cm³/mol. The van der Waals surface area contributed by atoms with Crippen molar-refractivity contribution >= 4 is 5.91 Å². The Balaban J connectivity index is 1.66. The molecule has 2 atom stereocenters. The third kappa shape index (κ3) is 1.26. The van der Waals surface area contributed by atoms with Crippen molar-refractivity contribution in [3.63, 3.8) is 0 Å². The lowest BCUT2D eigenvalue weighted by molar-refractivity contribution is -0.134. The van der Waals surface area contributed by atoms with Gasteiger partial charge in [0.05, 0.1) is 6.54 Å². The number of hydrogen-bond acceptors (Lipinski definition) is 2. The molecule has 2 unspecified atom stereocenters. The van der Waals surface area contributed by atoms with Gasteiger partial charge in [0.1, 0.15) is 0 Å². The first-order valence-electron chi connectivity index (χ1n) is 5.35. The largest absolute Gasteiger partial charge is 0.337 e. The average Bonchev–Trinajstić information content (AvgIpc) is 2.75. The van der Waals surface area contributed by atoms with Gasteiger partial charge in [-0.15, -0.1) is 0 Å². The van der Waals surface area contributed by atoms with Gasteiger partial charge in [-0.2, -0.15) is 0 Å². The van der Waals surface area contributed by atoms with E-state index in [1.165, 1.54) is 19.3 Å². The topological polar surface area (TPSA) is 32.3 Å². The van der Waals surface area contributed by atoms with Gasteiger partial charge in [0, 0.05) is 19.1 Å². The molecular weight excluding hydrogens is 164 g/mol. The van der Waals surface area contributed by atoms with Crippen molar-refractivity contribution in [3.8, 4) is 0 Å². The van der Waals surface area contributed by atoms with E-state index < -0.39 is 0 Å². The SMILES string of the molecule is O=C1CNCCN1C1CC2CC2C1. The molecule has 2 aliphatic carbocycles. The molecule has 0 aromatic rings. The van der Waals surface area contributed by atoms with Gasteiger partial charge < -0.3 is 10.2 Å². The van der Waals surface area contributed by atoms with E-state index in [-0.39, 0.29) is 0 Å². The minimum atomic E-state index is 0.317. The maximum atomic E-state index is 11.6. The first kappa shape index (κ1) is 7.80. The number of hydrogen-bond donors (Lipinski definition) is 1. The molecule has 13 heavy (non-hydrogen) atoms. The zero-order valence-corrected chi connectivity index (χ0v) is 7.83. The highest BCUT2D eigenvalue weighted by molar-refractivity contribution is 5.79. The Morgan fingerprint density at radius 2 is 2.00 bits per heavy atom. The second kappa shape index (κ2) is 2.71. The number of nitrogens with zero attached hydrogens (tertiary/aromatic N) is 1. The van der Waals surface area contributed by atoms with E-state index in [2.05, 4.69) is 10.2 Å². The standard InChI is InChI=1S/C10H16N2O/c13-10-6-11-1-2-12(10)9-4-7-3-8(7)5-9/h7-9,11H,1-6H2. The number of carbonyl (C=O) groups is 1. The Labute approximate surface area is 78.5 Å². The molecule has 72 valence electrons. The molecule has 0 radical (unpaired) electrons. The van der Waals surface area contributed by atoms with Crippen molar-refractivity contribution in [1.82, 2.24) is 10.2 Å². The van der Waals surface area contributed by atoms with E-state index in [9.17, 15) is 4.79 Å². The molecule has 0 spiro atoms. The van der Waals surface area contributed by atoms with Crippen LogP contribution in [-0.4, -0.2) is 36.5 Å². The first-order valence-corrected chi connectivity index (χ1v) is 5.35. The zero-order chi connectivity index (χ0) is 8.84. The van der Waals surface area contributed by atoms with E-state index in [0.29, 0.717) is 18.5 Å². The fourth-order valence-corrected chi connectivity index (χ4v) is 2.94. The monoisotopic (exact) mass is 180 g/mol. The van der Waals surface area contributed by atoms with Gasteiger partial charge in [-0.25, -0.2) is 0 Å². The molecule has 0 aromatic heterocycles. The summed E-state index contributed by atoms with van der Waals surface area (Å²) in [4.78, 5) is 13.7. The highest BCUT2D eigenvalue weighted by Crippen LogP contribution is 2.53. The number of rotatable bonds is 1. The van der Waals surface area contributed by atoms with Crippen LogP contribution in [0.5, 0.6) is 0 Å². The molecule has 1 amide bonds. The summed E-state index contributed by atoms with van der Waals surface area (Å²) in [6, 6.07) is 0.596. The third-order valence-electron chi connectivity index (χ3n) is 3.79. The van der Waals surface area contributed by atoms with Gasteiger partial charge in [0.2, 0.25) is 5.91 Å². The third-order valence-corrected chi connectivity index (χ3v) is 3.79. The van der Waals surface area contributed by atoms with Crippen LogP contribution >= 0.6 is 0 Å². The Hall–Kier alpha value is -0.570. The van der Waals surface area contributed by atoms with E-state index in [0.717, 1.165) is 24.9 Å². The van der Waals surface area contributed by atoms with E-state index in [1.807, 2.05) is 0 Å². The van der Waals surface area contributed by atoms with E-state index >= 15 is 0 Å². The number of amides is 1. The first-order chi connectivity index (χ1) is 6.34. The molecule has 3 heteroatoms. The molecule has 1 N–H and O–H groups in total. The number of piperazine rings is 1. The van der Waals surface area contributed by atoms with Crippen LogP contribution in [0.15, 0.2) is 0 Å². The summed E-state index contributed by atoms with van der Waals surface area (Å²) in [5.74, 6) is 2.28. The zero-order valence-electron chi connectivity index (χ0n) is 7.83. The summed E-state index contributed by atoms with van der Waals surface area (Å²) in [5.41, 5.74) is 0. The molecular formula is C10H16N2O. The number of fused-ring (bicyclic) bond motifs is 1. The van der Waals surface area contributed by atoms with Crippen LogP contribution < -0.4 is 5.32 Å². The normalized spacial score (nSPS) is 43.5. The fourth-order valence-electron chi connectivity index (χ4n) is 2.94. The molecule has 0 bridgehead atoms. The van der Waals surface area contributed by atoms with Crippen molar-refractivity contribution in [2.75, 3.05) is 19.6 Å². The number of carbonyl (C=O) groups excluding carboxylic acids is 1. The van der Waals surface area contributed by atoms with Crippen LogP contribution in [-0.2, 0) is 4.79 Å². The van der Waals surface area contributed by atoms with Crippen molar-refractivity contribution in [2.45, 2.75) is 25.3 Å². The summed E-state index contributed by atoms with van der Waals surface area (Å²) in [5, 5.41) is 3.12. The van der Waals surface area contributed by atoms with Gasteiger partial charge in [-0.05, 0) is 31.1 Å². The Morgan fingerprint density at radius 3 is 2.69 bits per heavy atom. The van der Waals surface area contributed by atoms with E-state index in [4.69, 9.17) is 0 Å². The van der Waals surface area contributed by atoms with Gasteiger partial charge in [-0.3, -0.25) is 4.79 Å². The molecule has 3 nitrogen and oxygen atoms in total. The Bertz CT molecular complexity index is 231. The molecule has 3 fully saturated rings. The van der Waals surface area contributed by atoms with Crippen molar-refractivity contribution < 1.29 is 4.79 Å². The second-order valence-electron chi connectivity index (χ2n) is 4.64. The maximum Gasteiger partial charge on any atom is 0.236 e. The van der Waals surface area contributed by atoms with Crippen LogP contribution in [0.4, 0.5) is 0 Å². The minimum Gasteiger partial charge on any atom is -0.337 e. The molecule has 3 rings (SSSR count). The quantitative estimate of drug-likeness (QED) is 0.626. The van der Waals surface area contributed by atoms with Crippen LogP contribution in [0.1, 0.15) is 19.3 Å². The van der Waals surface area contributed by atoms with Gasteiger partial charge in [0.15, 0.2) is 0 Å². The van der Waals surface area contributed by atoms with Gasteiger partial charge in [0.25, 0.3) is 0 Å². The molecule has 3 aliphatic rings. The summed E-state index contributed by atoms with van der Waals surface area (Å²) in [7, 11) is 0. The Morgan fingerprint density at radius 1 is 1.23 bits per heavy atom. The highest BCUT2D eigenvalue weighted by Gasteiger charge is 2.48. The second-order valence-corrected chi connectivity index (χ2v) is 4.64. The summed E-state index contributed by atoms with van der Waals surface area (Å²) < 4.78 is 0. The smallest absolute Gasteiger partial charge is 0.236 e. The van der Waals surface area contributed by atoms with Crippen LogP contribution in [0.3, 0.4) is 0 Å². The average molecular weight is 180 g/mol. The van der Waals surface area contributed by atoms with E-state index in [1.54, 1.807) is 0 Å². The molecule has 1 aliphatic heterocycles. The van der Waals surface area contributed by atoms with Crippen LogP contribution in [0.25, 0.3) is 0 Å². The van der Waals surface area contributed by atoms with Crippen molar-refractivity contribution in [2.24, 2.45) is 11.8 Å². The van der Waals surface area contributed by atoms with Crippen LogP contribution in [0.2, 0.25) is 0 Å². The number of nitrogens with one attached hydrogen (secondary N) is 1. The van der Waals surface area contributed by atoms with Crippen molar-refractivity contribution in [1.29, 1.82) is 0 Å².